The molecule has 4 nitrogen and oxygen atoms in total. The van der Waals surface area contributed by atoms with Crippen LogP contribution in [-0.2, 0) is 17.4 Å². The molecule has 1 amide bonds. The van der Waals surface area contributed by atoms with Gasteiger partial charge in [-0.3, -0.25) is 9.78 Å². The molecule has 25 heavy (non-hydrogen) atoms. The third-order valence-corrected chi connectivity index (χ3v) is 4.34. The number of benzene rings is 1. The van der Waals surface area contributed by atoms with Gasteiger partial charge in [-0.05, 0) is 48.2 Å². The van der Waals surface area contributed by atoms with E-state index in [-0.39, 0.29) is 6.54 Å². The average molecular weight is 348 g/mol. The van der Waals surface area contributed by atoms with E-state index in [1.807, 2.05) is 0 Å². The summed E-state index contributed by atoms with van der Waals surface area (Å²) >= 11 is 0. The van der Waals surface area contributed by atoms with Crippen molar-refractivity contribution in [3.8, 4) is 0 Å². The van der Waals surface area contributed by atoms with Gasteiger partial charge in [-0.1, -0.05) is 6.07 Å². The number of rotatable bonds is 4. The molecule has 0 fully saturated rings. The van der Waals surface area contributed by atoms with Crippen LogP contribution in [0.5, 0.6) is 0 Å². The van der Waals surface area contributed by atoms with Gasteiger partial charge >= 0.3 is 6.18 Å². The largest absolute Gasteiger partial charge is 0.416 e. The maximum absolute atomic E-state index is 13.0. The summed E-state index contributed by atoms with van der Waals surface area (Å²) in [5.74, 6) is -0.421. The number of alkyl halides is 3. The number of aryl methyl sites for hydroxylation is 1. The first-order chi connectivity index (χ1) is 11.9. The highest BCUT2D eigenvalue weighted by Gasteiger charge is 2.36. The van der Waals surface area contributed by atoms with Crippen LogP contribution in [0.1, 0.15) is 39.5 Å². The molecule has 1 aromatic heterocycles. The standard InChI is InChI=1S/C18H15F3N2O2/c19-18(20,21)14-5-3-12-4-6-16(15(12)10-14)23(8-9-24)17(25)13-2-1-7-22-11-13/h1-3,5,7,9-11,16H,4,6,8H2. The Morgan fingerprint density at radius 3 is 2.76 bits per heavy atom. The monoisotopic (exact) mass is 348 g/mol. The lowest BCUT2D eigenvalue weighted by molar-refractivity contribution is -0.137. The van der Waals surface area contributed by atoms with E-state index in [2.05, 4.69) is 4.98 Å². The Bertz CT molecular complexity index is 791. The summed E-state index contributed by atoms with van der Waals surface area (Å²) < 4.78 is 39.0. The van der Waals surface area contributed by atoms with E-state index in [0.29, 0.717) is 30.3 Å². The smallest absolute Gasteiger partial charge is 0.325 e. The van der Waals surface area contributed by atoms with Gasteiger partial charge in [0.2, 0.25) is 0 Å². The number of hydrogen-bond donors (Lipinski definition) is 0. The molecule has 0 spiro atoms. The number of halogens is 3. The second kappa shape index (κ2) is 6.66. The fourth-order valence-corrected chi connectivity index (χ4v) is 3.17. The van der Waals surface area contributed by atoms with Crippen LogP contribution in [-0.4, -0.2) is 28.6 Å². The molecule has 1 aliphatic carbocycles. The average Bonchev–Trinajstić information content (AvgIpc) is 3.02. The van der Waals surface area contributed by atoms with Crippen molar-refractivity contribution in [2.24, 2.45) is 0 Å². The first kappa shape index (κ1) is 17.1. The summed E-state index contributed by atoms with van der Waals surface area (Å²) in [4.78, 5) is 29.0. The number of fused-ring (bicyclic) bond motifs is 1. The third-order valence-electron chi connectivity index (χ3n) is 4.34. The van der Waals surface area contributed by atoms with E-state index >= 15 is 0 Å². The molecule has 1 heterocycles. The van der Waals surface area contributed by atoms with Crippen molar-refractivity contribution in [2.45, 2.75) is 25.1 Å². The number of carbonyl (C=O) groups excluding carboxylic acids is 2. The minimum absolute atomic E-state index is 0.186. The highest BCUT2D eigenvalue weighted by atomic mass is 19.4. The van der Waals surface area contributed by atoms with E-state index in [1.54, 1.807) is 12.1 Å². The topological polar surface area (TPSA) is 50.3 Å². The van der Waals surface area contributed by atoms with E-state index in [0.717, 1.165) is 17.7 Å². The first-order valence-electron chi connectivity index (χ1n) is 7.76. The van der Waals surface area contributed by atoms with Gasteiger partial charge in [-0.2, -0.15) is 13.2 Å². The second-order valence-corrected chi connectivity index (χ2v) is 5.83. The maximum Gasteiger partial charge on any atom is 0.416 e. The van der Waals surface area contributed by atoms with Crippen LogP contribution < -0.4 is 0 Å². The van der Waals surface area contributed by atoms with Crippen molar-refractivity contribution in [2.75, 3.05) is 6.54 Å². The molecule has 1 atom stereocenters. The summed E-state index contributed by atoms with van der Waals surface area (Å²) in [7, 11) is 0. The lowest BCUT2D eigenvalue weighted by Crippen LogP contribution is -2.35. The van der Waals surface area contributed by atoms with Crippen LogP contribution in [0.25, 0.3) is 0 Å². The first-order valence-corrected chi connectivity index (χ1v) is 7.76. The molecular formula is C18H15F3N2O2. The summed E-state index contributed by atoms with van der Waals surface area (Å²) in [5.41, 5.74) is 0.768. The van der Waals surface area contributed by atoms with Gasteiger partial charge in [0.25, 0.3) is 5.91 Å². The molecule has 0 bridgehead atoms. The van der Waals surface area contributed by atoms with E-state index < -0.39 is 23.7 Å². The Kier molecular flexibility index (Phi) is 4.57. The van der Waals surface area contributed by atoms with Gasteiger partial charge in [0.15, 0.2) is 0 Å². The Balaban J connectivity index is 1.98. The third kappa shape index (κ3) is 3.40. The minimum atomic E-state index is -4.45. The zero-order valence-corrected chi connectivity index (χ0v) is 13.2. The number of nitrogens with zero attached hydrogens (tertiary/aromatic N) is 2. The van der Waals surface area contributed by atoms with Gasteiger partial charge in [0, 0.05) is 12.4 Å². The highest BCUT2D eigenvalue weighted by molar-refractivity contribution is 5.95. The zero-order valence-electron chi connectivity index (χ0n) is 13.2. The Morgan fingerprint density at radius 1 is 1.32 bits per heavy atom. The molecule has 0 N–H and O–H groups in total. The van der Waals surface area contributed by atoms with Crippen molar-refractivity contribution in [1.82, 2.24) is 9.88 Å². The molecule has 0 saturated heterocycles. The Morgan fingerprint density at radius 2 is 2.12 bits per heavy atom. The van der Waals surface area contributed by atoms with Crippen LogP contribution in [0.15, 0.2) is 42.7 Å². The number of carbonyl (C=O) groups is 2. The van der Waals surface area contributed by atoms with E-state index in [4.69, 9.17) is 0 Å². The molecule has 1 aromatic carbocycles. The second-order valence-electron chi connectivity index (χ2n) is 5.83. The van der Waals surface area contributed by atoms with E-state index in [9.17, 15) is 22.8 Å². The number of amides is 1. The van der Waals surface area contributed by atoms with Crippen LogP contribution in [0, 0.1) is 0 Å². The van der Waals surface area contributed by atoms with Crippen molar-refractivity contribution in [1.29, 1.82) is 0 Å². The molecule has 1 aliphatic rings. The van der Waals surface area contributed by atoms with Crippen molar-refractivity contribution >= 4 is 12.2 Å². The predicted molar refractivity (Wildman–Crippen MR) is 83.8 cm³/mol. The number of aldehydes is 1. The van der Waals surface area contributed by atoms with Crippen LogP contribution in [0.2, 0.25) is 0 Å². The summed E-state index contributed by atoms with van der Waals surface area (Å²) in [6.07, 6.45) is 0.0681. The fourth-order valence-electron chi connectivity index (χ4n) is 3.17. The summed E-state index contributed by atoms with van der Waals surface area (Å²) in [6.45, 7) is -0.186. The molecule has 3 rings (SSSR count). The summed E-state index contributed by atoms with van der Waals surface area (Å²) in [5, 5.41) is 0. The van der Waals surface area contributed by atoms with E-state index in [1.165, 1.54) is 23.4 Å². The van der Waals surface area contributed by atoms with Gasteiger partial charge < -0.3 is 9.69 Å². The Hall–Kier alpha value is -2.70. The number of aromatic nitrogens is 1. The predicted octanol–water partition coefficient (Wildman–Crippen LogP) is 3.43. The molecule has 2 aromatic rings. The minimum Gasteiger partial charge on any atom is -0.325 e. The van der Waals surface area contributed by atoms with Gasteiger partial charge in [0.1, 0.15) is 6.29 Å². The molecule has 0 radical (unpaired) electrons. The number of pyridine rings is 1. The molecule has 0 saturated carbocycles. The lowest BCUT2D eigenvalue weighted by atomic mass is 10.0. The fraction of sp³-hybridized carbons (Fsp3) is 0.278. The normalized spacial score (nSPS) is 16.4. The SMILES string of the molecule is O=CCN(C(=O)c1cccnc1)C1CCc2ccc(C(F)(F)F)cc21. The van der Waals surface area contributed by atoms with Crippen LogP contribution >= 0.6 is 0 Å². The van der Waals surface area contributed by atoms with Crippen molar-refractivity contribution < 1.29 is 22.8 Å². The molecular weight excluding hydrogens is 333 g/mol. The molecule has 0 aliphatic heterocycles. The molecule has 130 valence electrons. The molecule has 1 unspecified atom stereocenters. The zero-order chi connectivity index (χ0) is 18.0. The molecule has 7 heteroatoms. The van der Waals surface area contributed by atoms with Crippen molar-refractivity contribution in [3.05, 3.63) is 65.0 Å². The van der Waals surface area contributed by atoms with Gasteiger partial charge in [0.05, 0.1) is 23.7 Å². The Labute approximate surface area is 142 Å². The maximum atomic E-state index is 13.0. The quantitative estimate of drug-likeness (QED) is 0.796. The summed E-state index contributed by atoms with van der Waals surface area (Å²) in [6, 6.07) is 6.18. The van der Waals surface area contributed by atoms with Crippen LogP contribution in [0.4, 0.5) is 13.2 Å². The number of hydrogen-bond acceptors (Lipinski definition) is 3. The highest BCUT2D eigenvalue weighted by Crippen LogP contribution is 2.40. The van der Waals surface area contributed by atoms with Crippen LogP contribution in [0.3, 0.4) is 0 Å². The lowest BCUT2D eigenvalue weighted by Gasteiger charge is -2.28. The van der Waals surface area contributed by atoms with Gasteiger partial charge in [-0.25, -0.2) is 0 Å². The van der Waals surface area contributed by atoms with Crippen molar-refractivity contribution in [3.63, 3.8) is 0 Å². The van der Waals surface area contributed by atoms with Gasteiger partial charge in [-0.15, -0.1) is 0 Å².